The zero-order valence-electron chi connectivity index (χ0n) is 13.1. The predicted octanol–water partition coefficient (Wildman–Crippen LogP) is 1.59. The third kappa shape index (κ3) is 3.90. The van der Waals surface area contributed by atoms with Crippen molar-refractivity contribution in [2.75, 3.05) is 6.54 Å². The first kappa shape index (κ1) is 17.2. The molecule has 0 aromatic carbocycles. The standard InChI is InChI=1S/C16H16FN5O2S/c17-9-1-2-11(19-6-9)12-3-4-13(21-12)15(24)22-14(5-18)16-20-10(7-23)8-25-16/h1-4,6,8,14,21,23H,5,7,18H2,(H,22,24)/t14-/m0/s1. The molecule has 3 heterocycles. The van der Waals surface area contributed by atoms with Gasteiger partial charge in [0.05, 0.1) is 35.9 Å². The van der Waals surface area contributed by atoms with Crippen LogP contribution < -0.4 is 11.1 Å². The van der Waals surface area contributed by atoms with E-state index in [0.717, 1.165) is 6.20 Å². The number of nitrogens with two attached hydrogens (primary N) is 1. The lowest BCUT2D eigenvalue weighted by Crippen LogP contribution is -2.33. The van der Waals surface area contributed by atoms with Crippen LogP contribution in [-0.2, 0) is 6.61 Å². The number of halogens is 1. The minimum absolute atomic E-state index is 0.160. The highest BCUT2D eigenvalue weighted by atomic mass is 32.1. The normalized spacial score (nSPS) is 12.1. The molecule has 130 valence electrons. The average Bonchev–Trinajstić information content (AvgIpc) is 3.29. The molecule has 0 spiro atoms. The number of carbonyl (C=O) groups is 1. The molecule has 25 heavy (non-hydrogen) atoms. The second kappa shape index (κ2) is 7.51. The van der Waals surface area contributed by atoms with Crippen LogP contribution >= 0.6 is 11.3 Å². The first-order chi connectivity index (χ1) is 12.1. The zero-order valence-corrected chi connectivity index (χ0v) is 13.9. The van der Waals surface area contributed by atoms with E-state index >= 15 is 0 Å². The Labute approximate surface area is 146 Å². The smallest absolute Gasteiger partial charge is 0.268 e. The number of pyridine rings is 1. The Morgan fingerprint density at radius 2 is 2.24 bits per heavy atom. The van der Waals surface area contributed by atoms with Gasteiger partial charge in [0.15, 0.2) is 0 Å². The van der Waals surface area contributed by atoms with Gasteiger partial charge in [0.1, 0.15) is 16.5 Å². The van der Waals surface area contributed by atoms with Gasteiger partial charge in [0.25, 0.3) is 5.91 Å². The summed E-state index contributed by atoms with van der Waals surface area (Å²) in [5.74, 6) is -0.769. The number of thiazole rings is 1. The van der Waals surface area contributed by atoms with Gasteiger partial charge in [-0.3, -0.25) is 9.78 Å². The van der Waals surface area contributed by atoms with Gasteiger partial charge in [0, 0.05) is 11.9 Å². The third-order valence-corrected chi connectivity index (χ3v) is 4.51. The molecule has 0 bridgehead atoms. The molecule has 3 aromatic rings. The number of aromatic nitrogens is 3. The van der Waals surface area contributed by atoms with E-state index in [1.54, 1.807) is 17.5 Å². The van der Waals surface area contributed by atoms with Crippen molar-refractivity contribution in [1.29, 1.82) is 0 Å². The Balaban J connectivity index is 1.73. The Hall–Kier alpha value is -2.62. The van der Waals surface area contributed by atoms with Gasteiger partial charge in [0.2, 0.25) is 0 Å². The molecule has 0 aliphatic heterocycles. The van der Waals surface area contributed by atoms with E-state index in [2.05, 4.69) is 20.3 Å². The van der Waals surface area contributed by atoms with Crippen LogP contribution in [-0.4, -0.2) is 32.5 Å². The Bertz CT molecular complexity index is 862. The maximum absolute atomic E-state index is 12.9. The van der Waals surface area contributed by atoms with Gasteiger partial charge >= 0.3 is 0 Å². The monoisotopic (exact) mass is 361 g/mol. The highest BCUT2D eigenvalue weighted by Crippen LogP contribution is 2.20. The molecule has 1 amide bonds. The van der Waals surface area contributed by atoms with Crippen molar-refractivity contribution in [2.24, 2.45) is 5.73 Å². The fraction of sp³-hybridized carbons (Fsp3) is 0.188. The first-order valence-electron chi connectivity index (χ1n) is 7.47. The minimum Gasteiger partial charge on any atom is -0.390 e. The van der Waals surface area contributed by atoms with Gasteiger partial charge < -0.3 is 21.1 Å². The van der Waals surface area contributed by atoms with Crippen LogP contribution in [0.5, 0.6) is 0 Å². The molecule has 1 atom stereocenters. The lowest BCUT2D eigenvalue weighted by molar-refractivity contribution is 0.0933. The molecule has 0 radical (unpaired) electrons. The molecule has 5 N–H and O–H groups in total. The molecular weight excluding hydrogens is 345 g/mol. The van der Waals surface area contributed by atoms with Crippen LogP contribution in [0.4, 0.5) is 4.39 Å². The molecule has 0 fully saturated rings. The lowest BCUT2D eigenvalue weighted by Gasteiger charge is -2.13. The Morgan fingerprint density at radius 1 is 1.40 bits per heavy atom. The molecular formula is C16H16FN5O2S. The fourth-order valence-electron chi connectivity index (χ4n) is 2.22. The summed E-state index contributed by atoms with van der Waals surface area (Å²) in [5, 5.41) is 14.2. The Morgan fingerprint density at radius 3 is 2.88 bits per heavy atom. The number of rotatable bonds is 6. The van der Waals surface area contributed by atoms with E-state index in [1.165, 1.54) is 23.5 Å². The zero-order chi connectivity index (χ0) is 17.8. The number of H-pyrrole nitrogens is 1. The van der Waals surface area contributed by atoms with Crippen molar-refractivity contribution < 1.29 is 14.3 Å². The molecule has 0 aliphatic rings. The van der Waals surface area contributed by atoms with Gasteiger partial charge in [-0.1, -0.05) is 0 Å². The number of hydrogen-bond acceptors (Lipinski definition) is 6. The quantitative estimate of drug-likeness (QED) is 0.532. The van der Waals surface area contributed by atoms with Crippen molar-refractivity contribution in [3.05, 3.63) is 58.1 Å². The molecule has 3 rings (SSSR count). The van der Waals surface area contributed by atoms with Crippen LogP contribution in [0.25, 0.3) is 11.4 Å². The molecule has 0 saturated heterocycles. The van der Waals surface area contributed by atoms with Crippen LogP contribution in [0, 0.1) is 5.82 Å². The summed E-state index contributed by atoms with van der Waals surface area (Å²) in [6.45, 7) is 0.0175. The minimum atomic E-state index is -0.450. The van der Waals surface area contributed by atoms with Crippen molar-refractivity contribution >= 4 is 17.2 Å². The van der Waals surface area contributed by atoms with E-state index in [9.17, 15) is 9.18 Å². The summed E-state index contributed by atoms with van der Waals surface area (Å²) in [7, 11) is 0. The van der Waals surface area contributed by atoms with E-state index in [0.29, 0.717) is 27.8 Å². The second-order valence-electron chi connectivity index (χ2n) is 5.24. The van der Waals surface area contributed by atoms with Crippen LogP contribution in [0.2, 0.25) is 0 Å². The number of amides is 1. The number of aromatic amines is 1. The van der Waals surface area contributed by atoms with Crippen molar-refractivity contribution in [3.8, 4) is 11.4 Å². The molecule has 0 unspecified atom stereocenters. The van der Waals surface area contributed by atoms with Crippen molar-refractivity contribution in [2.45, 2.75) is 12.6 Å². The van der Waals surface area contributed by atoms with Gasteiger partial charge in [-0.15, -0.1) is 11.3 Å². The molecule has 9 heteroatoms. The molecule has 0 saturated carbocycles. The summed E-state index contributed by atoms with van der Waals surface area (Å²) in [6, 6.07) is 5.68. The predicted molar refractivity (Wildman–Crippen MR) is 91.3 cm³/mol. The maximum Gasteiger partial charge on any atom is 0.268 e. The van der Waals surface area contributed by atoms with Gasteiger partial charge in [-0.25, -0.2) is 9.37 Å². The average molecular weight is 361 g/mol. The third-order valence-electron chi connectivity index (χ3n) is 3.50. The van der Waals surface area contributed by atoms with Crippen LogP contribution in [0.1, 0.15) is 27.2 Å². The number of nitrogens with one attached hydrogen (secondary N) is 2. The molecule has 7 nitrogen and oxygen atoms in total. The number of carbonyl (C=O) groups excluding carboxylic acids is 1. The number of hydrogen-bond donors (Lipinski definition) is 4. The van der Waals surface area contributed by atoms with E-state index in [-0.39, 0.29) is 19.1 Å². The highest BCUT2D eigenvalue weighted by molar-refractivity contribution is 7.09. The summed E-state index contributed by atoms with van der Waals surface area (Å²) in [6.07, 6.45) is 1.11. The fourth-order valence-corrected chi connectivity index (χ4v) is 3.10. The van der Waals surface area contributed by atoms with E-state index < -0.39 is 11.9 Å². The molecule has 0 aliphatic carbocycles. The van der Waals surface area contributed by atoms with E-state index in [1.807, 2.05) is 0 Å². The summed E-state index contributed by atoms with van der Waals surface area (Å²) < 4.78 is 12.9. The van der Waals surface area contributed by atoms with Crippen LogP contribution in [0.15, 0.2) is 35.8 Å². The topological polar surface area (TPSA) is 117 Å². The van der Waals surface area contributed by atoms with Gasteiger partial charge in [-0.05, 0) is 24.3 Å². The number of aliphatic hydroxyl groups excluding tert-OH is 1. The maximum atomic E-state index is 12.9. The number of nitrogens with zero attached hydrogens (tertiary/aromatic N) is 2. The molecule has 3 aromatic heterocycles. The summed E-state index contributed by atoms with van der Waals surface area (Å²) in [4.78, 5) is 23.6. The second-order valence-corrected chi connectivity index (χ2v) is 6.13. The van der Waals surface area contributed by atoms with Crippen molar-refractivity contribution in [3.63, 3.8) is 0 Å². The highest BCUT2D eigenvalue weighted by Gasteiger charge is 2.19. The first-order valence-corrected chi connectivity index (χ1v) is 8.35. The SMILES string of the molecule is NC[C@H](NC(=O)c1ccc(-c2ccc(F)cn2)[nH]1)c1nc(CO)cs1. The van der Waals surface area contributed by atoms with Gasteiger partial charge in [-0.2, -0.15) is 0 Å². The van der Waals surface area contributed by atoms with Crippen molar-refractivity contribution in [1.82, 2.24) is 20.3 Å². The summed E-state index contributed by atoms with van der Waals surface area (Å²) in [5.41, 5.74) is 7.73. The van der Waals surface area contributed by atoms with Crippen LogP contribution in [0.3, 0.4) is 0 Å². The summed E-state index contributed by atoms with van der Waals surface area (Å²) >= 11 is 1.33. The number of aliphatic hydroxyl groups is 1. The Kier molecular flexibility index (Phi) is 5.17. The lowest BCUT2D eigenvalue weighted by atomic mass is 10.3. The largest absolute Gasteiger partial charge is 0.390 e. The van der Waals surface area contributed by atoms with E-state index in [4.69, 9.17) is 10.8 Å².